The molecule has 0 bridgehead atoms. The topological polar surface area (TPSA) is 48.3 Å². The van der Waals surface area contributed by atoms with Gasteiger partial charge in [0.05, 0.1) is 20.3 Å². The molecule has 0 saturated carbocycles. The van der Waals surface area contributed by atoms with Crippen LogP contribution in [0.3, 0.4) is 0 Å². The fraction of sp³-hybridized carbons (Fsp3) is 0.286. The third kappa shape index (κ3) is 3.89. The molecule has 5 nitrogen and oxygen atoms in total. The predicted octanol–water partition coefficient (Wildman–Crippen LogP) is 3.62. The summed E-state index contributed by atoms with van der Waals surface area (Å²) in [7, 11) is 5.33. The van der Waals surface area contributed by atoms with Gasteiger partial charge < -0.3 is 14.0 Å². The highest BCUT2D eigenvalue weighted by atomic mass is 16.5. The molecular weight excluding hydrogens is 326 g/mol. The second-order valence-corrected chi connectivity index (χ2v) is 6.28. The molecule has 1 heterocycles. The molecule has 26 heavy (non-hydrogen) atoms. The van der Waals surface area contributed by atoms with Gasteiger partial charge in [0.25, 0.3) is 0 Å². The van der Waals surface area contributed by atoms with Crippen molar-refractivity contribution in [3.8, 4) is 11.5 Å². The maximum atomic E-state index is 5.44. The van der Waals surface area contributed by atoms with Gasteiger partial charge >= 0.3 is 0 Å². The first-order chi connectivity index (χ1) is 12.6. The summed E-state index contributed by atoms with van der Waals surface area (Å²) < 4.78 is 12.9. The van der Waals surface area contributed by atoms with Crippen LogP contribution < -0.4 is 14.8 Å². The van der Waals surface area contributed by atoms with E-state index in [0.717, 1.165) is 29.4 Å². The lowest BCUT2D eigenvalue weighted by Crippen LogP contribution is -2.25. The van der Waals surface area contributed by atoms with E-state index < -0.39 is 0 Å². The highest BCUT2D eigenvalue weighted by Gasteiger charge is 2.20. The van der Waals surface area contributed by atoms with Crippen molar-refractivity contribution in [1.82, 2.24) is 14.9 Å². The Morgan fingerprint density at radius 3 is 2.35 bits per heavy atom. The minimum Gasteiger partial charge on any atom is -0.497 e. The number of hydrogen-bond donors (Lipinski definition) is 1. The van der Waals surface area contributed by atoms with Gasteiger partial charge in [0, 0.05) is 32.1 Å². The fourth-order valence-electron chi connectivity index (χ4n) is 3.03. The molecule has 1 atom stereocenters. The molecule has 1 N–H and O–H groups in total. The molecule has 3 aromatic rings. The summed E-state index contributed by atoms with van der Waals surface area (Å²) in [5.74, 6) is 2.46. The van der Waals surface area contributed by atoms with Gasteiger partial charge in [0.2, 0.25) is 0 Å². The number of hydrogen-bond acceptors (Lipinski definition) is 4. The average molecular weight is 351 g/mol. The van der Waals surface area contributed by atoms with Gasteiger partial charge in [0.15, 0.2) is 0 Å². The van der Waals surface area contributed by atoms with Crippen LogP contribution in [-0.2, 0) is 13.6 Å². The first-order valence-electron chi connectivity index (χ1n) is 8.60. The number of aromatic nitrogens is 2. The molecule has 2 aromatic carbocycles. The molecule has 5 heteroatoms. The molecule has 1 unspecified atom stereocenters. The summed E-state index contributed by atoms with van der Waals surface area (Å²) in [5, 5.41) is 3.64. The zero-order chi connectivity index (χ0) is 18.5. The van der Waals surface area contributed by atoms with Crippen LogP contribution in [0, 0.1) is 6.92 Å². The normalized spacial score (nSPS) is 12.0. The molecular formula is C21H25N3O2. The molecule has 136 valence electrons. The first-order valence-corrected chi connectivity index (χ1v) is 8.60. The van der Waals surface area contributed by atoms with E-state index in [1.54, 1.807) is 14.2 Å². The van der Waals surface area contributed by atoms with Crippen molar-refractivity contribution in [2.45, 2.75) is 19.5 Å². The van der Waals surface area contributed by atoms with E-state index >= 15 is 0 Å². The minimum absolute atomic E-state index is 0.0846. The third-order valence-corrected chi connectivity index (χ3v) is 4.58. The lowest BCUT2D eigenvalue weighted by Gasteiger charge is -2.21. The van der Waals surface area contributed by atoms with Crippen LogP contribution in [0.4, 0.5) is 0 Å². The molecule has 0 aliphatic heterocycles. The van der Waals surface area contributed by atoms with Crippen molar-refractivity contribution in [2.24, 2.45) is 7.05 Å². The SMILES string of the molecule is COc1cc(OC)cc(C(NCc2ccccc2C)c2nccn2C)c1. The second-order valence-electron chi connectivity index (χ2n) is 6.28. The maximum Gasteiger partial charge on any atom is 0.130 e. The molecule has 1 aromatic heterocycles. The molecule has 0 amide bonds. The number of imidazole rings is 1. The Labute approximate surface area is 154 Å². The zero-order valence-corrected chi connectivity index (χ0v) is 15.7. The van der Waals surface area contributed by atoms with Crippen molar-refractivity contribution in [2.75, 3.05) is 14.2 Å². The minimum atomic E-state index is -0.0846. The summed E-state index contributed by atoms with van der Waals surface area (Å²) in [5.41, 5.74) is 3.58. The van der Waals surface area contributed by atoms with Crippen LogP contribution in [0.2, 0.25) is 0 Å². The molecule has 0 spiro atoms. The molecule has 0 aliphatic rings. The van der Waals surface area contributed by atoms with Crippen molar-refractivity contribution in [3.05, 3.63) is 77.4 Å². The summed E-state index contributed by atoms with van der Waals surface area (Å²) >= 11 is 0. The molecule has 0 aliphatic carbocycles. The van der Waals surface area contributed by atoms with Gasteiger partial charge in [0.1, 0.15) is 17.3 Å². The summed E-state index contributed by atoms with van der Waals surface area (Å²) in [6.07, 6.45) is 3.77. The number of ether oxygens (including phenoxy) is 2. The van der Waals surface area contributed by atoms with Gasteiger partial charge in [-0.05, 0) is 35.7 Å². The van der Waals surface area contributed by atoms with Crippen molar-refractivity contribution in [3.63, 3.8) is 0 Å². The van der Waals surface area contributed by atoms with Crippen LogP contribution in [0.1, 0.15) is 28.6 Å². The molecule has 0 radical (unpaired) electrons. The number of rotatable bonds is 7. The van der Waals surface area contributed by atoms with Gasteiger partial charge in [-0.1, -0.05) is 24.3 Å². The van der Waals surface area contributed by atoms with E-state index in [4.69, 9.17) is 9.47 Å². The van der Waals surface area contributed by atoms with Crippen LogP contribution >= 0.6 is 0 Å². The quantitative estimate of drug-likeness (QED) is 0.706. The van der Waals surface area contributed by atoms with Crippen LogP contribution in [-0.4, -0.2) is 23.8 Å². The van der Waals surface area contributed by atoms with Crippen LogP contribution in [0.15, 0.2) is 54.9 Å². The van der Waals surface area contributed by atoms with E-state index in [1.165, 1.54) is 11.1 Å². The summed E-state index contributed by atoms with van der Waals surface area (Å²) in [4.78, 5) is 4.56. The zero-order valence-electron chi connectivity index (χ0n) is 15.7. The van der Waals surface area contributed by atoms with Crippen molar-refractivity contribution < 1.29 is 9.47 Å². The fourth-order valence-corrected chi connectivity index (χ4v) is 3.03. The van der Waals surface area contributed by atoms with E-state index in [9.17, 15) is 0 Å². The summed E-state index contributed by atoms with van der Waals surface area (Å²) in [6.45, 7) is 2.87. The summed E-state index contributed by atoms with van der Waals surface area (Å²) in [6, 6.07) is 14.2. The Morgan fingerprint density at radius 2 is 1.77 bits per heavy atom. The third-order valence-electron chi connectivity index (χ3n) is 4.58. The Bertz CT molecular complexity index is 851. The molecule has 3 rings (SSSR count). The standard InChI is InChI=1S/C21H25N3O2/c1-15-7-5-6-8-16(15)14-23-20(21-22-9-10-24(21)2)17-11-18(25-3)13-19(12-17)26-4/h5-13,20,23H,14H2,1-4H3. The largest absolute Gasteiger partial charge is 0.497 e. The van der Waals surface area contributed by atoms with Gasteiger partial charge in [-0.15, -0.1) is 0 Å². The number of nitrogens with one attached hydrogen (secondary N) is 1. The Kier molecular flexibility index (Phi) is 5.58. The van der Waals surface area contributed by atoms with Gasteiger partial charge in [-0.2, -0.15) is 0 Å². The first kappa shape index (κ1) is 18.0. The van der Waals surface area contributed by atoms with Crippen molar-refractivity contribution in [1.29, 1.82) is 0 Å². The smallest absolute Gasteiger partial charge is 0.130 e. The Morgan fingerprint density at radius 1 is 1.08 bits per heavy atom. The van der Waals surface area contributed by atoms with E-state index in [0.29, 0.717) is 0 Å². The molecule has 0 fully saturated rings. The number of methoxy groups -OCH3 is 2. The molecule has 0 saturated heterocycles. The Balaban J connectivity index is 1.97. The highest BCUT2D eigenvalue weighted by molar-refractivity contribution is 5.41. The van der Waals surface area contributed by atoms with E-state index in [1.807, 2.05) is 42.2 Å². The van der Waals surface area contributed by atoms with E-state index in [-0.39, 0.29) is 6.04 Å². The highest BCUT2D eigenvalue weighted by Crippen LogP contribution is 2.29. The predicted molar refractivity (Wildman–Crippen MR) is 103 cm³/mol. The van der Waals surface area contributed by atoms with Gasteiger partial charge in [-0.25, -0.2) is 4.98 Å². The lowest BCUT2D eigenvalue weighted by atomic mass is 10.0. The number of benzene rings is 2. The average Bonchev–Trinajstić information content (AvgIpc) is 3.08. The number of aryl methyl sites for hydroxylation is 2. The monoisotopic (exact) mass is 351 g/mol. The second kappa shape index (κ2) is 8.06. The lowest BCUT2D eigenvalue weighted by molar-refractivity contribution is 0.392. The Hall–Kier alpha value is -2.79. The van der Waals surface area contributed by atoms with Gasteiger partial charge in [-0.3, -0.25) is 5.32 Å². The van der Waals surface area contributed by atoms with Crippen LogP contribution in [0.25, 0.3) is 0 Å². The van der Waals surface area contributed by atoms with E-state index in [2.05, 4.69) is 41.5 Å². The number of nitrogens with zero attached hydrogens (tertiary/aromatic N) is 2. The van der Waals surface area contributed by atoms with Crippen LogP contribution in [0.5, 0.6) is 11.5 Å². The van der Waals surface area contributed by atoms with Crippen molar-refractivity contribution >= 4 is 0 Å². The maximum absolute atomic E-state index is 5.44.